The highest BCUT2D eigenvalue weighted by molar-refractivity contribution is 5.94. The van der Waals surface area contributed by atoms with E-state index in [9.17, 15) is 4.79 Å². The first kappa shape index (κ1) is 16.8. The van der Waals surface area contributed by atoms with Crippen LogP contribution < -0.4 is 16.0 Å². The molecule has 3 rings (SSSR count). The molecule has 24 heavy (non-hydrogen) atoms. The Morgan fingerprint density at radius 1 is 1.38 bits per heavy atom. The highest BCUT2D eigenvalue weighted by Crippen LogP contribution is 2.34. The van der Waals surface area contributed by atoms with Crippen LogP contribution in [-0.4, -0.2) is 43.7 Å². The maximum absolute atomic E-state index is 11.7. The van der Waals surface area contributed by atoms with E-state index >= 15 is 0 Å². The summed E-state index contributed by atoms with van der Waals surface area (Å²) in [7, 11) is 1.64. The summed E-state index contributed by atoms with van der Waals surface area (Å²) in [6.45, 7) is 3.40. The predicted molar refractivity (Wildman–Crippen MR) is 94.1 cm³/mol. The Balaban J connectivity index is 1.64. The van der Waals surface area contributed by atoms with Gasteiger partial charge in [-0.05, 0) is 43.9 Å². The van der Waals surface area contributed by atoms with E-state index in [1.54, 1.807) is 7.05 Å². The number of hydrogen-bond acceptors (Lipinski definition) is 3. The summed E-state index contributed by atoms with van der Waals surface area (Å²) in [4.78, 5) is 16.4. The van der Waals surface area contributed by atoms with Crippen LogP contribution in [0.1, 0.15) is 42.1 Å². The summed E-state index contributed by atoms with van der Waals surface area (Å²) in [6, 6.07) is 7.91. The molecular weight excluding hydrogens is 304 g/mol. The zero-order valence-electron chi connectivity index (χ0n) is 14.3. The number of carbonyl (C=O) groups is 1. The van der Waals surface area contributed by atoms with Crippen LogP contribution in [0.2, 0.25) is 0 Å². The number of ether oxygens (including phenoxy) is 1. The quantitative estimate of drug-likeness (QED) is 0.564. The number of guanidine groups is 1. The van der Waals surface area contributed by atoms with Gasteiger partial charge < -0.3 is 20.7 Å². The topological polar surface area (TPSA) is 74.8 Å². The van der Waals surface area contributed by atoms with E-state index < -0.39 is 0 Å². The van der Waals surface area contributed by atoms with Gasteiger partial charge in [0.2, 0.25) is 0 Å². The van der Waals surface area contributed by atoms with Crippen LogP contribution in [0.3, 0.4) is 0 Å². The molecular formula is C18H26N4O2. The summed E-state index contributed by atoms with van der Waals surface area (Å²) < 4.78 is 5.89. The minimum atomic E-state index is -0.0787. The van der Waals surface area contributed by atoms with Gasteiger partial charge in [-0.25, -0.2) is 4.99 Å². The van der Waals surface area contributed by atoms with Crippen molar-refractivity contribution in [3.63, 3.8) is 0 Å². The van der Waals surface area contributed by atoms with Crippen molar-refractivity contribution in [1.82, 2.24) is 16.0 Å². The lowest BCUT2D eigenvalue weighted by Crippen LogP contribution is -2.47. The monoisotopic (exact) mass is 330 g/mol. The van der Waals surface area contributed by atoms with E-state index in [-0.39, 0.29) is 5.91 Å². The Kier molecular flexibility index (Phi) is 5.35. The molecule has 0 aliphatic carbocycles. The van der Waals surface area contributed by atoms with Crippen molar-refractivity contribution < 1.29 is 9.53 Å². The van der Waals surface area contributed by atoms with Gasteiger partial charge in [0.05, 0.1) is 24.8 Å². The van der Waals surface area contributed by atoms with Crippen LogP contribution in [-0.2, 0) is 11.3 Å². The molecule has 3 N–H and O–H groups in total. The van der Waals surface area contributed by atoms with Crippen molar-refractivity contribution >= 4 is 11.9 Å². The maximum Gasteiger partial charge on any atom is 0.251 e. The Morgan fingerprint density at radius 3 is 2.92 bits per heavy atom. The molecule has 2 heterocycles. The minimum absolute atomic E-state index is 0.0787. The van der Waals surface area contributed by atoms with Gasteiger partial charge in [0.15, 0.2) is 5.96 Å². The lowest BCUT2D eigenvalue weighted by Gasteiger charge is -2.22. The van der Waals surface area contributed by atoms with Gasteiger partial charge >= 0.3 is 0 Å². The highest BCUT2D eigenvalue weighted by Gasteiger charge is 2.41. The summed E-state index contributed by atoms with van der Waals surface area (Å²) in [5, 5.41) is 9.44. The molecule has 2 aliphatic rings. The van der Waals surface area contributed by atoms with Crippen molar-refractivity contribution in [2.45, 2.75) is 51.0 Å². The van der Waals surface area contributed by atoms with Crippen LogP contribution in [0.25, 0.3) is 0 Å². The Bertz CT molecular complexity index is 617. The standard InChI is InChI=1S/C18H26N4O2/c1-3-20-18(22-15-10-14-7-8-16(15)24-14)21-11-12-5-4-6-13(9-12)17(23)19-2/h4-6,9,14-16H,3,7-8,10-11H2,1-2H3,(H,19,23)(H2,20,21,22). The molecule has 1 aromatic rings. The third kappa shape index (κ3) is 3.87. The van der Waals surface area contributed by atoms with Gasteiger partial charge in [0, 0.05) is 19.2 Å². The van der Waals surface area contributed by atoms with Gasteiger partial charge in [0.1, 0.15) is 0 Å². The highest BCUT2D eigenvalue weighted by atomic mass is 16.5. The zero-order chi connectivity index (χ0) is 16.9. The zero-order valence-corrected chi connectivity index (χ0v) is 14.3. The summed E-state index contributed by atoms with van der Waals surface area (Å²) >= 11 is 0. The largest absolute Gasteiger partial charge is 0.373 e. The molecule has 2 fully saturated rings. The fourth-order valence-corrected chi connectivity index (χ4v) is 3.41. The Hall–Kier alpha value is -2.08. The second kappa shape index (κ2) is 7.66. The van der Waals surface area contributed by atoms with Crippen molar-refractivity contribution in [2.24, 2.45) is 4.99 Å². The number of nitrogens with zero attached hydrogens (tertiary/aromatic N) is 1. The molecule has 0 saturated carbocycles. The molecule has 3 unspecified atom stereocenters. The maximum atomic E-state index is 11.7. The Morgan fingerprint density at radius 2 is 2.25 bits per heavy atom. The number of carbonyl (C=O) groups excluding carboxylic acids is 1. The normalized spacial score (nSPS) is 25.6. The first-order valence-corrected chi connectivity index (χ1v) is 8.71. The summed E-state index contributed by atoms with van der Waals surface area (Å²) in [5.74, 6) is 0.731. The van der Waals surface area contributed by atoms with Gasteiger partial charge in [-0.1, -0.05) is 12.1 Å². The van der Waals surface area contributed by atoms with Crippen molar-refractivity contribution in [3.8, 4) is 0 Å². The van der Waals surface area contributed by atoms with Gasteiger partial charge in [-0.3, -0.25) is 4.79 Å². The van der Waals surface area contributed by atoms with E-state index in [0.717, 1.165) is 30.9 Å². The van der Waals surface area contributed by atoms with Crippen molar-refractivity contribution in [1.29, 1.82) is 0 Å². The number of amides is 1. The smallest absolute Gasteiger partial charge is 0.251 e. The first-order valence-electron chi connectivity index (χ1n) is 8.71. The van der Waals surface area contributed by atoms with Gasteiger partial charge in [-0.15, -0.1) is 0 Å². The SMILES string of the molecule is CCNC(=NCc1cccc(C(=O)NC)c1)NC1CC2CCC1O2. The summed E-state index contributed by atoms with van der Waals surface area (Å²) in [6.07, 6.45) is 4.11. The fourth-order valence-electron chi connectivity index (χ4n) is 3.41. The second-order valence-electron chi connectivity index (χ2n) is 6.34. The predicted octanol–water partition coefficient (Wildman–Crippen LogP) is 1.42. The van der Waals surface area contributed by atoms with Crippen molar-refractivity contribution in [3.05, 3.63) is 35.4 Å². The van der Waals surface area contributed by atoms with Crippen LogP contribution >= 0.6 is 0 Å². The third-order valence-corrected chi connectivity index (χ3v) is 4.61. The van der Waals surface area contributed by atoms with Crippen LogP contribution in [0.5, 0.6) is 0 Å². The van der Waals surface area contributed by atoms with Gasteiger partial charge in [-0.2, -0.15) is 0 Å². The van der Waals surface area contributed by atoms with Crippen LogP contribution in [0, 0.1) is 0 Å². The number of nitrogens with one attached hydrogen (secondary N) is 3. The molecule has 1 amide bonds. The van der Waals surface area contributed by atoms with E-state index in [1.165, 1.54) is 6.42 Å². The number of benzene rings is 1. The molecule has 6 heteroatoms. The molecule has 2 aliphatic heterocycles. The molecule has 3 atom stereocenters. The Labute approximate surface area is 143 Å². The first-order chi connectivity index (χ1) is 11.7. The number of rotatable bonds is 5. The molecule has 0 spiro atoms. The number of hydrogen-bond donors (Lipinski definition) is 3. The number of fused-ring (bicyclic) bond motifs is 2. The average molecular weight is 330 g/mol. The molecule has 0 aromatic heterocycles. The molecule has 2 bridgehead atoms. The molecule has 130 valence electrons. The second-order valence-corrected chi connectivity index (χ2v) is 6.34. The van der Waals surface area contributed by atoms with E-state index in [1.807, 2.05) is 24.3 Å². The summed E-state index contributed by atoms with van der Waals surface area (Å²) in [5.41, 5.74) is 1.67. The molecule has 0 radical (unpaired) electrons. The van der Waals surface area contributed by atoms with E-state index in [0.29, 0.717) is 30.4 Å². The number of aliphatic imine (C=N–C) groups is 1. The molecule has 6 nitrogen and oxygen atoms in total. The molecule has 2 saturated heterocycles. The van der Waals surface area contributed by atoms with Crippen molar-refractivity contribution in [2.75, 3.05) is 13.6 Å². The van der Waals surface area contributed by atoms with Crippen LogP contribution in [0.15, 0.2) is 29.3 Å². The average Bonchev–Trinajstić information content (AvgIpc) is 3.22. The molecule has 1 aromatic carbocycles. The van der Waals surface area contributed by atoms with E-state index in [2.05, 4.69) is 27.9 Å². The van der Waals surface area contributed by atoms with E-state index in [4.69, 9.17) is 4.74 Å². The lowest BCUT2D eigenvalue weighted by molar-refractivity contribution is 0.0962. The minimum Gasteiger partial charge on any atom is -0.373 e. The fraction of sp³-hybridized carbons (Fsp3) is 0.556. The van der Waals surface area contributed by atoms with Crippen LogP contribution in [0.4, 0.5) is 0 Å². The third-order valence-electron chi connectivity index (χ3n) is 4.61. The van der Waals surface area contributed by atoms with Gasteiger partial charge in [0.25, 0.3) is 5.91 Å². The lowest BCUT2D eigenvalue weighted by atomic mass is 9.96.